The minimum absolute atomic E-state index is 0.0325. The van der Waals surface area contributed by atoms with Gasteiger partial charge in [-0.2, -0.15) is 0 Å². The van der Waals surface area contributed by atoms with Crippen LogP contribution in [0.15, 0.2) is 23.6 Å². The molecule has 0 aliphatic carbocycles. The van der Waals surface area contributed by atoms with E-state index in [1.54, 1.807) is 11.0 Å². The van der Waals surface area contributed by atoms with E-state index in [9.17, 15) is 14.4 Å². The molecule has 1 aromatic heterocycles. The molecule has 0 spiro atoms. The van der Waals surface area contributed by atoms with Gasteiger partial charge in [-0.1, -0.05) is 31.0 Å². The quantitative estimate of drug-likeness (QED) is 0.377. The maximum Gasteiger partial charge on any atom is 0.410 e. The number of fused-ring (bicyclic) bond motifs is 1. The minimum Gasteiger partial charge on any atom is -0.436 e. The summed E-state index contributed by atoms with van der Waals surface area (Å²) in [5.74, 6) is -0.155. The van der Waals surface area contributed by atoms with Crippen molar-refractivity contribution in [2.75, 3.05) is 50.3 Å². The van der Waals surface area contributed by atoms with Crippen LogP contribution in [0.1, 0.15) is 68.6 Å². The third kappa shape index (κ3) is 7.20. The second-order valence-corrected chi connectivity index (χ2v) is 14.1. The maximum atomic E-state index is 14.0. The van der Waals surface area contributed by atoms with E-state index >= 15 is 0 Å². The number of benzene rings is 1. The highest BCUT2D eigenvalue weighted by molar-refractivity contribution is 7.14. The number of ether oxygens (including phenoxy) is 1. The lowest BCUT2D eigenvalue weighted by Crippen LogP contribution is -2.53. The van der Waals surface area contributed by atoms with E-state index in [1.165, 1.54) is 30.6 Å². The number of halogens is 1. The van der Waals surface area contributed by atoms with Crippen molar-refractivity contribution >= 4 is 51.7 Å². The molecule has 3 fully saturated rings. The number of carbonyl (C=O) groups is 3. The number of nitrogen functional groups attached to an aromatic ring is 1. The molecule has 12 heteroatoms. The Kier molecular flexibility index (Phi) is 10.1. The highest BCUT2D eigenvalue weighted by atomic mass is 35.5. The van der Waals surface area contributed by atoms with Crippen LogP contribution in [0, 0.1) is 0 Å². The molecule has 2 aromatic rings. The van der Waals surface area contributed by atoms with Crippen molar-refractivity contribution in [3.63, 3.8) is 0 Å². The molecule has 6 rings (SSSR count). The van der Waals surface area contributed by atoms with Gasteiger partial charge in [0, 0.05) is 50.2 Å². The third-order valence-corrected chi connectivity index (χ3v) is 11.2. The maximum absolute atomic E-state index is 14.0. The summed E-state index contributed by atoms with van der Waals surface area (Å²) in [4.78, 5) is 48.3. The summed E-state index contributed by atoms with van der Waals surface area (Å²) < 4.78 is 6.05. The molecule has 3 N–H and O–H groups in total. The first-order chi connectivity index (χ1) is 21.8. The van der Waals surface area contributed by atoms with E-state index in [0.29, 0.717) is 68.7 Å². The van der Waals surface area contributed by atoms with Gasteiger partial charge in [0.1, 0.15) is 5.00 Å². The molecule has 1 aromatic carbocycles. The summed E-state index contributed by atoms with van der Waals surface area (Å²) in [7, 11) is 0. The Bertz CT molecular complexity index is 1380. The second-order valence-electron chi connectivity index (χ2n) is 12.8. The Morgan fingerprint density at radius 1 is 1.02 bits per heavy atom. The van der Waals surface area contributed by atoms with E-state index in [4.69, 9.17) is 22.1 Å². The van der Waals surface area contributed by atoms with Crippen LogP contribution < -0.4 is 11.1 Å². The predicted octanol–water partition coefficient (Wildman–Crippen LogP) is 5.58. The molecule has 244 valence electrons. The number of likely N-dealkylation sites (tertiary alicyclic amines) is 3. The number of piperidine rings is 3. The lowest BCUT2D eigenvalue weighted by Gasteiger charge is -2.41. The number of amides is 4. The molecule has 0 bridgehead atoms. The first-order valence-corrected chi connectivity index (χ1v) is 17.8. The summed E-state index contributed by atoms with van der Waals surface area (Å²) in [6, 6.07) is 6.24. The van der Waals surface area contributed by atoms with E-state index in [1.807, 2.05) is 34.2 Å². The molecule has 1 atom stereocenters. The van der Waals surface area contributed by atoms with Gasteiger partial charge in [0.2, 0.25) is 0 Å². The van der Waals surface area contributed by atoms with E-state index < -0.39 is 12.2 Å². The van der Waals surface area contributed by atoms with Gasteiger partial charge >= 0.3 is 12.1 Å². The Hall–Kier alpha value is -3.02. The summed E-state index contributed by atoms with van der Waals surface area (Å²) in [5, 5.41) is 6.34. The average Bonchev–Trinajstić information content (AvgIpc) is 3.53. The zero-order valence-corrected chi connectivity index (χ0v) is 27.7. The molecule has 0 unspecified atom stereocenters. The number of nitrogens with one attached hydrogen (secondary N) is 1. The molecule has 0 radical (unpaired) electrons. The van der Waals surface area contributed by atoms with Crippen molar-refractivity contribution in [1.82, 2.24) is 19.6 Å². The number of nitrogens with two attached hydrogens (primary N) is 1. The third-order valence-electron chi connectivity index (χ3n) is 10.0. The number of aryl methyl sites for hydroxylation is 1. The summed E-state index contributed by atoms with van der Waals surface area (Å²) in [5.41, 5.74) is 9.58. The molecular formula is C33H45ClN6O4S. The van der Waals surface area contributed by atoms with Crippen LogP contribution in [0.3, 0.4) is 0 Å². The fourth-order valence-electron chi connectivity index (χ4n) is 7.32. The number of thiophene rings is 1. The van der Waals surface area contributed by atoms with E-state index in [0.717, 1.165) is 47.6 Å². The molecule has 0 saturated carbocycles. The van der Waals surface area contributed by atoms with Crippen LogP contribution in [0.2, 0.25) is 5.02 Å². The largest absolute Gasteiger partial charge is 0.436 e. The zero-order chi connectivity index (χ0) is 31.5. The van der Waals surface area contributed by atoms with Crippen LogP contribution in [0.5, 0.6) is 0 Å². The van der Waals surface area contributed by atoms with Gasteiger partial charge in [-0.05, 0) is 86.7 Å². The monoisotopic (exact) mass is 656 g/mol. The average molecular weight is 657 g/mol. The van der Waals surface area contributed by atoms with E-state index in [-0.39, 0.29) is 24.4 Å². The molecule has 10 nitrogen and oxygen atoms in total. The lowest BCUT2D eigenvalue weighted by molar-refractivity contribution is -0.142. The van der Waals surface area contributed by atoms with E-state index in [2.05, 4.69) is 10.2 Å². The summed E-state index contributed by atoms with van der Waals surface area (Å²) in [6.45, 7) is 7.11. The highest BCUT2D eigenvalue weighted by Crippen LogP contribution is 2.32. The van der Waals surface area contributed by atoms with Crippen molar-refractivity contribution in [2.45, 2.75) is 89.4 Å². The fourth-order valence-corrected chi connectivity index (χ4v) is 8.38. The first kappa shape index (κ1) is 31.9. The van der Waals surface area contributed by atoms with Gasteiger partial charge in [-0.25, -0.2) is 9.59 Å². The molecule has 3 saturated heterocycles. The zero-order valence-electron chi connectivity index (χ0n) is 26.1. The predicted molar refractivity (Wildman–Crippen MR) is 178 cm³/mol. The molecular weight excluding hydrogens is 612 g/mol. The molecule has 4 aliphatic heterocycles. The van der Waals surface area contributed by atoms with Gasteiger partial charge in [-0.3, -0.25) is 10.1 Å². The Morgan fingerprint density at radius 3 is 2.42 bits per heavy atom. The van der Waals surface area contributed by atoms with Crippen molar-refractivity contribution < 1.29 is 19.1 Å². The fraction of sp³-hybridized carbons (Fsp3) is 0.606. The number of anilines is 2. The van der Waals surface area contributed by atoms with Gasteiger partial charge in [0.15, 0.2) is 6.10 Å². The molecule has 4 amide bonds. The van der Waals surface area contributed by atoms with Gasteiger partial charge < -0.3 is 30.1 Å². The van der Waals surface area contributed by atoms with Crippen LogP contribution >= 0.6 is 22.9 Å². The minimum atomic E-state index is -0.962. The number of urea groups is 1. The van der Waals surface area contributed by atoms with Crippen LogP contribution in [-0.2, 0) is 28.9 Å². The van der Waals surface area contributed by atoms with Crippen molar-refractivity contribution in [1.29, 1.82) is 0 Å². The van der Waals surface area contributed by atoms with Crippen molar-refractivity contribution in [2.24, 2.45) is 0 Å². The standard InChI is InChI=1S/C33H45ClN6O4S/c1-2-23-18-22(19-27(34)29(23)35)20-28(31(41)38-13-6-25(7-14-38)37-11-4-3-5-12-37)44-33(43)39-15-8-26(9-16-39)40-21-24-10-17-45-30(24)36-32(40)42/h10,17-19,25-26,28H,2-9,11-16,20-21,35H2,1H3,(H,36,42)/t28-/m1/s1. The van der Waals surface area contributed by atoms with Gasteiger partial charge in [0.25, 0.3) is 5.91 Å². The van der Waals surface area contributed by atoms with Crippen LogP contribution in [0.25, 0.3) is 0 Å². The second kappa shape index (κ2) is 14.2. The number of rotatable bonds is 7. The Balaban J connectivity index is 1.10. The normalized spacial score (nSPS) is 20.9. The van der Waals surface area contributed by atoms with Crippen molar-refractivity contribution in [3.05, 3.63) is 45.3 Å². The topological polar surface area (TPSA) is 111 Å². The van der Waals surface area contributed by atoms with Crippen molar-refractivity contribution in [3.8, 4) is 0 Å². The molecule has 45 heavy (non-hydrogen) atoms. The van der Waals surface area contributed by atoms with Crippen LogP contribution in [-0.4, -0.2) is 95.1 Å². The number of carbonyl (C=O) groups excluding carboxylic acids is 3. The SMILES string of the molecule is CCc1cc(C[C@@H](OC(=O)N2CCC(N3Cc4ccsc4NC3=O)CC2)C(=O)N2CCC(N3CCCCC3)CC2)cc(Cl)c1N. The smallest absolute Gasteiger partial charge is 0.410 e. The number of nitrogens with zero attached hydrogens (tertiary/aromatic N) is 4. The number of hydrogen-bond acceptors (Lipinski definition) is 7. The Morgan fingerprint density at radius 2 is 1.71 bits per heavy atom. The number of hydrogen-bond donors (Lipinski definition) is 2. The highest BCUT2D eigenvalue weighted by Gasteiger charge is 2.37. The summed E-state index contributed by atoms with van der Waals surface area (Å²) in [6.07, 6.45) is 6.46. The van der Waals surface area contributed by atoms with Crippen LogP contribution in [0.4, 0.5) is 20.3 Å². The van der Waals surface area contributed by atoms with Gasteiger partial charge in [-0.15, -0.1) is 11.3 Å². The molecule has 5 heterocycles. The Labute approximate surface area is 274 Å². The lowest BCUT2D eigenvalue weighted by atomic mass is 9.98. The first-order valence-electron chi connectivity index (χ1n) is 16.5. The molecule has 4 aliphatic rings. The van der Waals surface area contributed by atoms with Gasteiger partial charge in [0.05, 0.1) is 17.3 Å². The summed E-state index contributed by atoms with van der Waals surface area (Å²) >= 11 is 8.00.